The van der Waals surface area contributed by atoms with Crippen LogP contribution < -0.4 is 5.32 Å². The van der Waals surface area contributed by atoms with E-state index in [1.807, 2.05) is 20.8 Å². The first-order chi connectivity index (χ1) is 11.9. The molecule has 1 saturated heterocycles. The second-order valence-electron chi connectivity index (χ2n) is 8.56. The maximum atomic E-state index is 11.6. The molecule has 0 radical (unpaired) electrons. The second-order valence-corrected chi connectivity index (χ2v) is 8.56. The van der Waals surface area contributed by atoms with Gasteiger partial charge in [0.1, 0.15) is 5.60 Å². The molecule has 2 aliphatic rings. The molecule has 1 fully saturated rings. The Morgan fingerprint density at radius 3 is 2.64 bits per heavy atom. The van der Waals surface area contributed by atoms with Gasteiger partial charge in [0.25, 0.3) is 0 Å². The first kappa shape index (κ1) is 18.2. The molecular weight excluding hydrogens is 312 g/mol. The molecule has 4 heteroatoms. The van der Waals surface area contributed by atoms with Crippen molar-refractivity contribution in [2.24, 2.45) is 0 Å². The van der Waals surface area contributed by atoms with E-state index in [2.05, 4.69) is 34.5 Å². The summed E-state index contributed by atoms with van der Waals surface area (Å²) < 4.78 is 5.26. The lowest BCUT2D eigenvalue weighted by molar-refractivity contribution is 0.0524. The number of fused-ring (bicyclic) bond motifs is 2. The van der Waals surface area contributed by atoms with E-state index in [4.69, 9.17) is 4.74 Å². The summed E-state index contributed by atoms with van der Waals surface area (Å²) in [5, 5.41) is 2.85. The van der Waals surface area contributed by atoms with Crippen molar-refractivity contribution in [3.8, 4) is 0 Å². The second kappa shape index (κ2) is 7.36. The molecule has 0 saturated carbocycles. The summed E-state index contributed by atoms with van der Waals surface area (Å²) in [6, 6.07) is 9.02. The third-order valence-electron chi connectivity index (χ3n) is 5.59. The fraction of sp³-hybridized carbons (Fsp3) is 0.667. The van der Waals surface area contributed by atoms with Gasteiger partial charge in [-0.05, 0) is 89.1 Å². The minimum absolute atomic E-state index is 0.312. The van der Waals surface area contributed by atoms with Crippen molar-refractivity contribution < 1.29 is 9.53 Å². The number of aryl methyl sites for hydroxylation is 1. The highest BCUT2D eigenvalue weighted by molar-refractivity contribution is 5.67. The average molecular weight is 344 g/mol. The fourth-order valence-corrected chi connectivity index (χ4v) is 4.30. The van der Waals surface area contributed by atoms with Crippen LogP contribution in [0, 0.1) is 0 Å². The fourth-order valence-electron chi connectivity index (χ4n) is 4.30. The van der Waals surface area contributed by atoms with E-state index in [0.29, 0.717) is 12.0 Å². The molecule has 0 unspecified atom stereocenters. The molecule has 1 aliphatic heterocycles. The van der Waals surface area contributed by atoms with E-state index >= 15 is 0 Å². The van der Waals surface area contributed by atoms with Gasteiger partial charge in [-0.3, -0.25) is 0 Å². The first-order valence-corrected chi connectivity index (χ1v) is 9.66. The highest BCUT2D eigenvalue weighted by Crippen LogP contribution is 2.46. The van der Waals surface area contributed by atoms with Crippen LogP contribution in [-0.4, -0.2) is 42.8 Å². The number of nitrogens with zero attached hydrogens (tertiary/aromatic N) is 1. The number of carbonyl (C=O) groups is 1. The van der Waals surface area contributed by atoms with E-state index in [-0.39, 0.29) is 6.09 Å². The third kappa shape index (κ3) is 4.55. The number of alkyl carbamates (subject to hydrolysis) is 1. The monoisotopic (exact) mass is 344 g/mol. The molecule has 1 aromatic rings. The number of hydrogen-bond donors (Lipinski definition) is 1. The van der Waals surface area contributed by atoms with Crippen LogP contribution in [0.25, 0.3) is 0 Å². The zero-order valence-electron chi connectivity index (χ0n) is 15.9. The predicted molar refractivity (Wildman–Crippen MR) is 101 cm³/mol. The molecule has 1 spiro atoms. The smallest absolute Gasteiger partial charge is 0.407 e. The SMILES string of the molecule is CC(C)(C)OC(=O)NCCCN1CCC2(CCc3ccccc32)CC1. The van der Waals surface area contributed by atoms with Gasteiger partial charge in [0.15, 0.2) is 0 Å². The van der Waals surface area contributed by atoms with Crippen LogP contribution in [0.15, 0.2) is 24.3 Å². The van der Waals surface area contributed by atoms with E-state index in [9.17, 15) is 4.79 Å². The Bertz CT molecular complexity index is 598. The van der Waals surface area contributed by atoms with Gasteiger partial charge in [-0.25, -0.2) is 4.79 Å². The van der Waals surface area contributed by atoms with Crippen molar-refractivity contribution >= 4 is 6.09 Å². The Kier molecular flexibility index (Phi) is 5.38. The lowest BCUT2D eigenvalue weighted by Crippen LogP contribution is -2.42. The van der Waals surface area contributed by atoms with Crippen molar-refractivity contribution in [2.45, 2.75) is 63.9 Å². The number of ether oxygens (including phenoxy) is 1. The standard InChI is InChI=1S/C21H32N2O2/c1-20(2,3)25-19(24)22-13-6-14-23-15-11-21(12-16-23)10-9-17-7-4-5-8-18(17)21/h4-5,7-8H,6,9-16H2,1-3H3,(H,22,24). The van der Waals surface area contributed by atoms with Gasteiger partial charge >= 0.3 is 6.09 Å². The van der Waals surface area contributed by atoms with Gasteiger partial charge in [0.05, 0.1) is 0 Å². The van der Waals surface area contributed by atoms with Crippen LogP contribution in [0.3, 0.4) is 0 Å². The zero-order chi connectivity index (χ0) is 17.9. The Hall–Kier alpha value is -1.55. The molecule has 1 aliphatic carbocycles. The molecule has 1 aromatic carbocycles. The van der Waals surface area contributed by atoms with E-state index in [1.54, 1.807) is 11.1 Å². The highest BCUT2D eigenvalue weighted by atomic mass is 16.6. The van der Waals surface area contributed by atoms with E-state index < -0.39 is 5.60 Å². The number of rotatable bonds is 4. The van der Waals surface area contributed by atoms with Crippen molar-refractivity contribution in [1.29, 1.82) is 0 Å². The molecule has 25 heavy (non-hydrogen) atoms. The van der Waals surface area contributed by atoms with Crippen LogP contribution in [-0.2, 0) is 16.6 Å². The Labute approximate surface area is 151 Å². The number of nitrogens with one attached hydrogen (secondary N) is 1. The minimum Gasteiger partial charge on any atom is -0.444 e. The largest absolute Gasteiger partial charge is 0.444 e. The van der Waals surface area contributed by atoms with Crippen LogP contribution in [0.2, 0.25) is 0 Å². The van der Waals surface area contributed by atoms with Crippen molar-refractivity contribution in [3.05, 3.63) is 35.4 Å². The van der Waals surface area contributed by atoms with Crippen molar-refractivity contribution in [1.82, 2.24) is 10.2 Å². The van der Waals surface area contributed by atoms with Gasteiger partial charge in [0.2, 0.25) is 0 Å². The summed E-state index contributed by atoms with van der Waals surface area (Å²) in [6.45, 7) is 9.72. The quantitative estimate of drug-likeness (QED) is 0.843. The molecule has 1 N–H and O–H groups in total. The summed E-state index contributed by atoms with van der Waals surface area (Å²) in [7, 11) is 0. The Morgan fingerprint density at radius 1 is 1.20 bits per heavy atom. The molecule has 1 heterocycles. The van der Waals surface area contributed by atoms with Crippen LogP contribution in [0.5, 0.6) is 0 Å². The predicted octanol–water partition coefficient (Wildman–Crippen LogP) is 3.88. The maximum absolute atomic E-state index is 11.6. The summed E-state index contributed by atoms with van der Waals surface area (Å²) in [5.74, 6) is 0. The normalized spacial score (nSPS) is 19.6. The van der Waals surface area contributed by atoms with Gasteiger partial charge in [-0.15, -0.1) is 0 Å². The van der Waals surface area contributed by atoms with E-state index in [0.717, 1.165) is 13.0 Å². The first-order valence-electron chi connectivity index (χ1n) is 9.66. The average Bonchev–Trinajstić information content (AvgIpc) is 2.91. The molecule has 0 bridgehead atoms. The van der Waals surface area contributed by atoms with Crippen molar-refractivity contribution in [3.63, 3.8) is 0 Å². The topological polar surface area (TPSA) is 41.6 Å². The molecule has 0 atom stereocenters. The minimum atomic E-state index is -0.428. The Morgan fingerprint density at radius 2 is 1.92 bits per heavy atom. The maximum Gasteiger partial charge on any atom is 0.407 e. The number of carbonyl (C=O) groups excluding carboxylic acids is 1. The molecular formula is C21H32N2O2. The molecule has 3 rings (SSSR count). The summed E-state index contributed by atoms with van der Waals surface area (Å²) >= 11 is 0. The van der Waals surface area contributed by atoms with Gasteiger partial charge in [0, 0.05) is 6.54 Å². The Balaban J connectivity index is 1.39. The summed E-state index contributed by atoms with van der Waals surface area (Å²) in [4.78, 5) is 14.2. The van der Waals surface area contributed by atoms with Gasteiger partial charge < -0.3 is 15.0 Å². The molecule has 1 amide bonds. The number of hydrogen-bond acceptors (Lipinski definition) is 3. The van der Waals surface area contributed by atoms with Gasteiger partial charge in [-0.2, -0.15) is 0 Å². The number of likely N-dealkylation sites (tertiary alicyclic amines) is 1. The van der Waals surface area contributed by atoms with E-state index in [1.165, 1.54) is 38.8 Å². The van der Waals surface area contributed by atoms with Gasteiger partial charge in [-0.1, -0.05) is 24.3 Å². The number of amides is 1. The van der Waals surface area contributed by atoms with Crippen LogP contribution in [0.4, 0.5) is 4.79 Å². The lowest BCUT2D eigenvalue weighted by Gasteiger charge is -2.40. The molecule has 4 nitrogen and oxygen atoms in total. The number of piperidine rings is 1. The van der Waals surface area contributed by atoms with Crippen LogP contribution >= 0.6 is 0 Å². The molecule has 0 aromatic heterocycles. The third-order valence-corrected chi connectivity index (χ3v) is 5.59. The van der Waals surface area contributed by atoms with Crippen molar-refractivity contribution in [2.75, 3.05) is 26.2 Å². The highest BCUT2D eigenvalue weighted by Gasteiger charge is 2.40. The zero-order valence-corrected chi connectivity index (χ0v) is 15.9. The summed E-state index contributed by atoms with van der Waals surface area (Å²) in [5.41, 5.74) is 3.18. The summed E-state index contributed by atoms with van der Waals surface area (Å²) in [6.07, 6.45) is 5.76. The lowest BCUT2D eigenvalue weighted by atomic mass is 9.74. The molecule has 138 valence electrons. The number of benzene rings is 1. The van der Waals surface area contributed by atoms with Crippen LogP contribution in [0.1, 0.15) is 57.6 Å².